The molecule has 0 aliphatic heterocycles. The van der Waals surface area contributed by atoms with Crippen LogP contribution in [0.2, 0.25) is 0 Å². The highest BCUT2D eigenvalue weighted by Gasteiger charge is 2.18. The van der Waals surface area contributed by atoms with Gasteiger partial charge in [-0.15, -0.1) is 11.3 Å². The molecule has 0 saturated heterocycles. The lowest BCUT2D eigenvalue weighted by Gasteiger charge is -2.16. The number of amides is 1. The number of rotatable bonds is 6. The Balaban J connectivity index is 1.71. The van der Waals surface area contributed by atoms with Gasteiger partial charge in [-0.2, -0.15) is 0 Å². The van der Waals surface area contributed by atoms with Crippen molar-refractivity contribution in [2.45, 2.75) is 26.5 Å². The van der Waals surface area contributed by atoms with Crippen molar-refractivity contribution < 1.29 is 18.3 Å². The Kier molecular flexibility index (Phi) is 6.04. The monoisotopic (exact) mass is 402 g/mol. The van der Waals surface area contributed by atoms with E-state index in [2.05, 4.69) is 4.98 Å². The minimum Gasteiger partial charge on any atom is -0.491 e. The zero-order valence-corrected chi connectivity index (χ0v) is 16.6. The molecule has 0 atom stereocenters. The Bertz CT molecular complexity index is 971. The largest absolute Gasteiger partial charge is 0.491 e. The number of benzene rings is 2. The van der Waals surface area contributed by atoms with Gasteiger partial charge < -0.3 is 9.64 Å². The molecule has 0 aliphatic rings. The number of ether oxygens (including phenoxy) is 1. The van der Waals surface area contributed by atoms with Crippen LogP contribution in [0.1, 0.15) is 29.9 Å². The smallest absolute Gasteiger partial charge is 0.273 e. The third-order valence-corrected chi connectivity index (χ3v) is 4.86. The van der Waals surface area contributed by atoms with Gasteiger partial charge >= 0.3 is 0 Å². The lowest BCUT2D eigenvalue weighted by molar-refractivity contribution is 0.0779. The van der Waals surface area contributed by atoms with E-state index in [0.717, 1.165) is 17.4 Å². The molecule has 0 radical (unpaired) electrons. The van der Waals surface area contributed by atoms with Crippen LogP contribution < -0.4 is 4.74 Å². The summed E-state index contributed by atoms with van der Waals surface area (Å²) in [5.74, 6) is -0.884. The second kappa shape index (κ2) is 8.48. The van der Waals surface area contributed by atoms with Crippen molar-refractivity contribution in [2.75, 3.05) is 7.05 Å². The van der Waals surface area contributed by atoms with Gasteiger partial charge in [0.15, 0.2) is 0 Å². The van der Waals surface area contributed by atoms with Crippen LogP contribution in [0.25, 0.3) is 10.6 Å². The van der Waals surface area contributed by atoms with Crippen molar-refractivity contribution in [3.63, 3.8) is 0 Å². The number of halogens is 2. The molecule has 1 heterocycles. The minimum absolute atomic E-state index is 0.0268. The first-order valence-corrected chi connectivity index (χ1v) is 9.63. The van der Waals surface area contributed by atoms with Crippen molar-refractivity contribution in [2.24, 2.45) is 0 Å². The number of carbonyl (C=O) groups excluding carboxylic acids is 1. The van der Waals surface area contributed by atoms with Crippen molar-refractivity contribution in [3.05, 3.63) is 70.7 Å². The molecular formula is C21H20F2N2O2S. The molecule has 4 nitrogen and oxygen atoms in total. The summed E-state index contributed by atoms with van der Waals surface area (Å²) in [6, 6.07) is 10.8. The SMILES string of the molecule is CC(C)Oc1ccc(-c2nc(C(=O)N(C)Cc3ccc(F)cc3F)cs2)cc1. The van der Waals surface area contributed by atoms with Crippen molar-refractivity contribution >= 4 is 17.2 Å². The Morgan fingerprint density at radius 2 is 1.89 bits per heavy atom. The normalized spacial score (nSPS) is 10.9. The Hall–Kier alpha value is -2.80. The van der Waals surface area contributed by atoms with Gasteiger partial charge in [0.1, 0.15) is 28.1 Å². The van der Waals surface area contributed by atoms with E-state index in [4.69, 9.17) is 4.74 Å². The number of nitrogens with zero attached hydrogens (tertiary/aromatic N) is 2. The highest BCUT2D eigenvalue weighted by molar-refractivity contribution is 7.13. The molecule has 7 heteroatoms. The van der Waals surface area contributed by atoms with E-state index in [-0.39, 0.29) is 29.8 Å². The summed E-state index contributed by atoms with van der Waals surface area (Å²) in [4.78, 5) is 18.4. The van der Waals surface area contributed by atoms with E-state index in [1.807, 2.05) is 38.1 Å². The predicted molar refractivity (Wildman–Crippen MR) is 105 cm³/mol. The topological polar surface area (TPSA) is 42.4 Å². The number of hydrogen-bond donors (Lipinski definition) is 0. The Labute approximate surface area is 166 Å². The van der Waals surface area contributed by atoms with Gasteiger partial charge in [0.25, 0.3) is 5.91 Å². The molecule has 0 saturated carbocycles. The van der Waals surface area contributed by atoms with Gasteiger partial charge in [0.2, 0.25) is 0 Å². The van der Waals surface area contributed by atoms with Crippen molar-refractivity contribution in [1.82, 2.24) is 9.88 Å². The summed E-state index contributed by atoms with van der Waals surface area (Å²) in [5, 5.41) is 2.38. The molecular weight excluding hydrogens is 382 g/mol. The summed E-state index contributed by atoms with van der Waals surface area (Å²) in [7, 11) is 1.56. The molecule has 3 aromatic rings. The van der Waals surface area contributed by atoms with Gasteiger partial charge in [-0.3, -0.25) is 4.79 Å². The van der Waals surface area contributed by atoms with Gasteiger partial charge in [0, 0.05) is 36.2 Å². The third-order valence-electron chi connectivity index (χ3n) is 3.97. The van der Waals surface area contributed by atoms with Crippen LogP contribution in [0.3, 0.4) is 0 Å². The zero-order valence-electron chi connectivity index (χ0n) is 15.8. The van der Waals surface area contributed by atoms with E-state index in [1.54, 1.807) is 12.4 Å². The van der Waals surface area contributed by atoms with E-state index in [1.165, 1.54) is 28.4 Å². The molecule has 146 valence electrons. The quantitative estimate of drug-likeness (QED) is 0.573. The highest BCUT2D eigenvalue weighted by atomic mass is 32.1. The standard InChI is InChI=1S/C21H20F2N2O2S/c1-13(2)27-17-8-5-14(6-9-17)20-24-19(12-28-20)21(26)25(3)11-15-4-7-16(22)10-18(15)23/h4-10,12-13H,11H2,1-3H3. The summed E-state index contributed by atoms with van der Waals surface area (Å²) in [6.07, 6.45) is 0.0939. The average Bonchev–Trinajstić information content (AvgIpc) is 3.13. The van der Waals surface area contributed by atoms with Crippen LogP contribution in [0.15, 0.2) is 47.8 Å². The van der Waals surface area contributed by atoms with Crippen LogP contribution in [-0.2, 0) is 6.54 Å². The molecule has 0 spiro atoms. The second-order valence-corrected chi connectivity index (χ2v) is 7.48. The maximum Gasteiger partial charge on any atom is 0.273 e. The summed E-state index contributed by atoms with van der Waals surface area (Å²) < 4.78 is 32.5. The second-order valence-electron chi connectivity index (χ2n) is 6.63. The lowest BCUT2D eigenvalue weighted by Crippen LogP contribution is -2.27. The summed E-state index contributed by atoms with van der Waals surface area (Å²) in [6.45, 7) is 3.95. The maximum absolute atomic E-state index is 13.8. The van der Waals surface area contributed by atoms with E-state index < -0.39 is 11.6 Å². The first kappa shape index (κ1) is 19.9. The lowest BCUT2D eigenvalue weighted by atomic mass is 10.2. The molecule has 0 bridgehead atoms. The molecule has 0 fully saturated rings. The third kappa shape index (κ3) is 4.72. The number of hydrogen-bond acceptors (Lipinski definition) is 4. The Morgan fingerprint density at radius 1 is 1.18 bits per heavy atom. The van der Waals surface area contributed by atoms with Crippen LogP contribution in [0, 0.1) is 11.6 Å². The van der Waals surface area contributed by atoms with Crippen molar-refractivity contribution in [1.29, 1.82) is 0 Å². The molecule has 3 rings (SSSR count). The maximum atomic E-state index is 13.8. The number of aromatic nitrogens is 1. The highest BCUT2D eigenvalue weighted by Crippen LogP contribution is 2.26. The van der Waals surface area contributed by atoms with Crippen LogP contribution in [0.4, 0.5) is 8.78 Å². The zero-order chi connectivity index (χ0) is 20.3. The van der Waals surface area contributed by atoms with Crippen LogP contribution in [-0.4, -0.2) is 28.9 Å². The fourth-order valence-electron chi connectivity index (χ4n) is 2.63. The fourth-order valence-corrected chi connectivity index (χ4v) is 3.43. The molecule has 0 aliphatic carbocycles. The van der Waals surface area contributed by atoms with Crippen LogP contribution >= 0.6 is 11.3 Å². The van der Waals surface area contributed by atoms with Crippen LogP contribution in [0.5, 0.6) is 5.75 Å². The fraction of sp³-hybridized carbons (Fsp3) is 0.238. The van der Waals surface area contributed by atoms with E-state index >= 15 is 0 Å². The molecule has 2 aromatic carbocycles. The summed E-state index contributed by atoms with van der Waals surface area (Å²) in [5.41, 5.74) is 1.41. The Morgan fingerprint density at radius 3 is 2.54 bits per heavy atom. The molecule has 28 heavy (non-hydrogen) atoms. The van der Waals surface area contributed by atoms with Gasteiger partial charge in [-0.05, 0) is 44.2 Å². The average molecular weight is 402 g/mol. The predicted octanol–water partition coefficient (Wildman–Crippen LogP) is 5.15. The minimum atomic E-state index is -0.678. The van der Waals surface area contributed by atoms with Crippen molar-refractivity contribution in [3.8, 4) is 16.3 Å². The first-order valence-electron chi connectivity index (χ1n) is 8.75. The number of thiazole rings is 1. The van der Waals surface area contributed by atoms with Gasteiger partial charge in [0.05, 0.1) is 6.10 Å². The van der Waals surface area contributed by atoms with E-state index in [9.17, 15) is 13.6 Å². The van der Waals surface area contributed by atoms with Gasteiger partial charge in [-0.25, -0.2) is 13.8 Å². The first-order chi connectivity index (χ1) is 13.3. The summed E-state index contributed by atoms with van der Waals surface area (Å²) >= 11 is 1.36. The molecule has 0 unspecified atom stereocenters. The molecule has 1 aromatic heterocycles. The van der Waals surface area contributed by atoms with E-state index in [0.29, 0.717) is 5.01 Å². The molecule has 0 N–H and O–H groups in total. The molecule has 1 amide bonds. The van der Waals surface area contributed by atoms with Gasteiger partial charge in [-0.1, -0.05) is 6.07 Å². The number of carbonyl (C=O) groups is 1.